The molecule has 1 unspecified atom stereocenters. The van der Waals surface area contributed by atoms with E-state index in [0.29, 0.717) is 31.1 Å². The standard InChI is InChI=1S/C35H46N6O5/c42-32-12-11-31(33(43)37-32)41-24-29-28(34(41)44)9-6-10-30(29)36-15-4-5-16-38-17-13-26(14-18-38)23-39-19-21-40(22-20-39)35(45)46-25-27-7-2-1-3-8-27/h1-3,6-10,26,31,36H,4-5,11-25H2,(H,37,42,43). The fraction of sp³-hybridized carbons (Fsp3) is 0.543. The molecule has 4 amide bonds. The molecule has 2 aromatic carbocycles. The summed E-state index contributed by atoms with van der Waals surface area (Å²) in [5.74, 6) is -0.0918. The smallest absolute Gasteiger partial charge is 0.410 e. The van der Waals surface area contributed by atoms with Gasteiger partial charge < -0.3 is 24.8 Å². The lowest BCUT2D eigenvalue weighted by Gasteiger charge is -2.38. The molecule has 2 aromatic rings. The second-order valence-electron chi connectivity index (χ2n) is 13.0. The van der Waals surface area contributed by atoms with Gasteiger partial charge in [0.25, 0.3) is 5.91 Å². The number of nitrogens with one attached hydrogen (secondary N) is 2. The normalized spacial score (nSPS) is 21.3. The zero-order chi connectivity index (χ0) is 31.9. The Balaban J connectivity index is 0.845. The predicted octanol–water partition coefficient (Wildman–Crippen LogP) is 3.31. The third-order valence-corrected chi connectivity index (χ3v) is 9.86. The molecule has 46 heavy (non-hydrogen) atoms. The molecular formula is C35H46N6O5. The number of benzene rings is 2. The Morgan fingerprint density at radius 3 is 2.41 bits per heavy atom. The molecular weight excluding hydrogens is 584 g/mol. The first-order chi connectivity index (χ1) is 22.4. The van der Waals surface area contributed by atoms with Gasteiger partial charge in [0.05, 0.1) is 0 Å². The molecule has 4 aliphatic heterocycles. The number of piperazine rings is 1. The number of fused-ring (bicyclic) bond motifs is 1. The number of nitrogens with zero attached hydrogens (tertiary/aromatic N) is 4. The van der Waals surface area contributed by atoms with Crippen LogP contribution in [0, 0.1) is 5.92 Å². The molecule has 4 heterocycles. The molecule has 1 atom stereocenters. The van der Waals surface area contributed by atoms with Crippen LogP contribution in [0.25, 0.3) is 0 Å². The Kier molecular flexibility index (Phi) is 10.5. The van der Waals surface area contributed by atoms with Crippen molar-refractivity contribution in [2.45, 2.75) is 57.7 Å². The number of anilines is 1. The summed E-state index contributed by atoms with van der Waals surface area (Å²) in [5.41, 5.74) is 3.53. The molecule has 0 aromatic heterocycles. The van der Waals surface area contributed by atoms with E-state index in [0.717, 1.165) is 88.6 Å². The Bertz CT molecular complexity index is 1390. The van der Waals surface area contributed by atoms with Gasteiger partial charge in [0.15, 0.2) is 0 Å². The van der Waals surface area contributed by atoms with Crippen molar-refractivity contribution in [2.75, 3.05) is 64.2 Å². The van der Waals surface area contributed by atoms with Crippen LogP contribution in [0.4, 0.5) is 10.5 Å². The van der Waals surface area contributed by atoms with Crippen molar-refractivity contribution < 1.29 is 23.9 Å². The highest BCUT2D eigenvalue weighted by Crippen LogP contribution is 2.32. The van der Waals surface area contributed by atoms with Crippen molar-refractivity contribution in [2.24, 2.45) is 5.92 Å². The molecule has 0 aliphatic carbocycles. The van der Waals surface area contributed by atoms with Crippen molar-refractivity contribution in [1.82, 2.24) is 24.9 Å². The maximum atomic E-state index is 13.1. The summed E-state index contributed by atoms with van der Waals surface area (Å²) in [6.45, 7) is 9.25. The monoisotopic (exact) mass is 630 g/mol. The Hall–Kier alpha value is -3.96. The molecule has 246 valence electrons. The van der Waals surface area contributed by atoms with Gasteiger partial charge in [-0.15, -0.1) is 0 Å². The van der Waals surface area contributed by atoms with Crippen LogP contribution in [-0.4, -0.2) is 108 Å². The second-order valence-corrected chi connectivity index (χ2v) is 13.0. The molecule has 0 saturated carbocycles. The fourth-order valence-electron chi connectivity index (χ4n) is 7.12. The van der Waals surface area contributed by atoms with Crippen LogP contribution in [0.1, 0.15) is 60.0 Å². The van der Waals surface area contributed by atoms with Crippen molar-refractivity contribution in [3.63, 3.8) is 0 Å². The average molecular weight is 631 g/mol. The Labute approximate surface area is 271 Å². The largest absolute Gasteiger partial charge is 0.445 e. The lowest BCUT2D eigenvalue weighted by molar-refractivity contribution is -0.136. The molecule has 6 rings (SSSR count). The van der Waals surface area contributed by atoms with Crippen LogP contribution < -0.4 is 10.6 Å². The van der Waals surface area contributed by atoms with E-state index >= 15 is 0 Å². The van der Waals surface area contributed by atoms with E-state index in [1.54, 1.807) is 4.90 Å². The van der Waals surface area contributed by atoms with E-state index < -0.39 is 6.04 Å². The first-order valence-corrected chi connectivity index (χ1v) is 16.9. The summed E-state index contributed by atoms with van der Waals surface area (Å²) in [5, 5.41) is 5.90. The van der Waals surface area contributed by atoms with E-state index in [1.165, 1.54) is 12.8 Å². The number of imide groups is 1. The van der Waals surface area contributed by atoms with Crippen LogP contribution >= 0.6 is 0 Å². The second kappa shape index (κ2) is 15.1. The summed E-state index contributed by atoms with van der Waals surface area (Å²) in [7, 11) is 0. The van der Waals surface area contributed by atoms with Crippen LogP contribution in [-0.2, 0) is 27.5 Å². The van der Waals surface area contributed by atoms with E-state index in [-0.39, 0.29) is 30.2 Å². The number of ether oxygens (including phenoxy) is 1. The van der Waals surface area contributed by atoms with Gasteiger partial charge >= 0.3 is 6.09 Å². The van der Waals surface area contributed by atoms with Crippen LogP contribution in [0.5, 0.6) is 0 Å². The zero-order valence-electron chi connectivity index (χ0n) is 26.6. The third kappa shape index (κ3) is 7.87. The molecule has 11 nitrogen and oxygen atoms in total. The Morgan fingerprint density at radius 1 is 0.870 bits per heavy atom. The predicted molar refractivity (Wildman–Crippen MR) is 174 cm³/mol. The number of unbranched alkanes of at least 4 members (excludes halogenated alkanes) is 1. The van der Waals surface area contributed by atoms with Crippen molar-refractivity contribution >= 4 is 29.5 Å². The topological polar surface area (TPSA) is 115 Å². The minimum absolute atomic E-state index is 0.141. The molecule has 11 heteroatoms. The van der Waals surface area contributed by atoms with Gasteiger partial charge in [0, 0.05) is 69.0 Å². The minimum atomic E-state index is -0.596. The highest BCUT2D eigenvalue weighted by molar-refractivity contribution is 6.06. The van der Waals surface area contributed by atoms with Crippen LogP contribution in [0.15, 0.2) is 48.5 Å². The number of carbonyl (C=O) groups is 4. The first-order valence-electron chi connectivity index (χ1n) is 16.9. The maximum Gasteiger partial charge on any atom is 0.410 e. The summed E-state index contributed by atoms with van der Waals surface area (Å²) in [6, 6.07) is 14.9. The van der Waals surface area contributed by atoms with Gasteiger partial charge in [0.2, 0.25) is 11.8 Å². The number of hydrogen-bond donors (Lipinski definition) is 2. The summed E-state index contributed by atoms with van der Waals surface area (Å²) >= 11 is 0. The van der Waals surface area contributed by atoms with Crippen molar-refractivity contribution in [1.29, 1.82) is 0 Å². The molecule has 0 bridgehead atoms. The number of amides is 4. The fourth-order valence-corrected chi connectivity index (χ4v) is 7.12. The summed E-state index contributed by atoms with van der Waals surface area (Å²) in [4.78, 5) is 58.0. The van der Waals surface area contributed by atoms with Gasteiger partial charge in [0.1, 0.15) is 12.6 Å². The highest BCUT2D eigenvalue weighted by atomic mass is 16.6. The average Bonchev–Trinajstić information content (AvgIpc) is 3.41. The quantitative estimate of drug-likeness (QED) is 0.287. The molecule has 3 fully saturated rings. The number of likely N-dealkylation sites (tertiary alicyclic amines) is 1. The van der Waals surface area contributed by atoms with Crippen LogP contribution in [0.2, 0.25) is 0 Å². The van der Waals surface area contributed by atoms with Crippen LogP contribution in [0.3, 0.4) is 0 Å². The van der Waals surface area contributed by atoms with E-state index in [1.807, 2.05) is 53.4 Å². The maximum absolute atomic E-state index is 13.1. The molecule has 0 spiro atoms. The summed E-state index contributed by atoms with van der Waals surface area (Å²) in [6.07, 6.45) is 4.98. The number of piperidine rings is 2. The van der Waals surface area contributed by atoms with Crippen molar-refractivity contribution in [3.05, 3.63) is 65.2 Å². The lowest BCUT2D eigenvalue weighted by atomic mass is 9.95. The van der Waals surface area contributed by atoms with Crippen molar-refractivity contribution in [3.8, 4) is 0 Å². The molecule has 4 aliphatic rings. The molecule has 3 saturated heterocycles. The number of carbonyl (C=O) groups excluding carboxylic acids is 4. The van der Waals surface area contributed by atoms with Gasteiger partial charge in [-0.05, 0) is 75.4 Å². The van der Waals surface area contributed by atoms with E-state index in [9.17, 15) is 19.2 Å². The molecule has 0 radical (unpaired) electrons. The minimum Gasteiger partial charge on any atom is -0.445 e. The van der Waals surface area contributed by atoms with E-state index in [2.05, 4.69) is 20.4 Å². The number of hydrogen-bond acceptors (Lipinski definition) is 8. The highest BCUT2D eigenvalue weighted by Gasteiger charge is 2.39. The number of rotatable bonds is 11. The lowest BCUT2D eigenvalue weighted by Crippen LogP contribution is -2.52. The van der Waals surface area contributed by atoms with Gasteiger partial charge in [-0.2, -0.15) is 0 Å². The third-order valence-electron chi connectivity index (χ3n) is 9.86. The SMILES string of the molecule is O=C1CCC(N2Cc3c(NCCCCN4CCC(CN5CCN(C(=O)OCc6ccccc6)CC5)CC4)cccc3C2=O)C(=O)N1. The first kappa shape index (κ1) is 32.0. The van der Waals surface area contributed by atoms with Gasteiger partial charge in [-0.1, -0.05) is 36.4 Å². The Morgan fingerprint density at radius 2 is 1.65 bits per heavy atom. The zero-order valence-corrected chi connectivity index (χ0v) is 26.6. The van der Waals surface area contributed by atoms with E-state index in [4.69, 9.17) is 4.74 Å². The molecule has 2 N–H and O–H groups in total. The summed E-state index contributed by atoms with van der Waals surface area (Å²) < 4.78 is 5.51. The van der Waals surface area contributed by atoms with Gasteiger partial charge in [-0.25, -0.2) is 4.79 Å². The van der Waals surface area contributed by atoms with Gasteiger partial charge in [-0.3, -0.25) is 24.6 Å².